The summed E-state index contributed by atoms with van der Waals surface area (Å²) in [7, 11) is -3.68. The fourth-order valence-electron chi connectivity index (χ4n) is 3.82. The molecule has 1 N–H and O–H groups in total. The Morgan fingerprint density at radius 1 is 1.04 bits per heavy atom. The molecule has 1 aliphatic heterocycles. The van der Waals surface area contributed by atoms with Crippen molar-refractivity contribution in [3.05, 3.63) is 59.7 Å². The molecule has 26 heavy (non-hydrogen) atoms. The van der Waals surface area contributed by atoms with Gasteiger partial charge in [-0.2, -0.15) is 0 Å². The molecule has 0 spiro atoms. The Bertz CT molecular complexity index is 934. The van der Waals surface area contributed by atoms with Gasteiger partial charge in [-0.25, -0.2) is 8.42 Å². The van der Waals surface area contributed by atoms with E-state index in [0.29, 0.717) is 18.5 Å². The Labute approximate surface area is 154 Å². The predicted molar refractivity (Wildman–Crippen MR) is 101 cm³/mol. The Balaban J connectivity index is 1.60. The maximum absolute atomic E-state index is 13.1. The minimum atomic E-state index is -3.68. The molecule has 2 aromatic carbocycles. The topological polar surface area (TPSA) is 66.5 Å². The van der Waals surface area contributed by atoms with Crippen LogP contribution in [0.3, 0.4) is 0 Å². The number of rotatable bonds is 4. The zero-order valence-electron chi connectivity index (χ0n) is 14.5. The first kappa shape index (κ1) is 17.1. The van der Waals surface area contributed by atoms with E-state index in [4.69, 9.17) is 0 Å². The second kappa shape index (κ2) is 6.76. The van der Waals surface area contributed by atoms with E-state index in [1.54, 1.807) is 18.2 Å². The summed E-state index contributed by atoms with van der Waals surface area (Å²) in [4.78, 5) is 12.6. The molecule has 2 aromatic rings. The summed E-state index contributed by atoms with van der Waals surface area (Å²) >= 11 is 0. The molecule has 0 atom stereocenters. The number of para-hydroxylation sites is 1. The number of fused-ring (bicyclic) bond motifs is 1. The van der Waals surface area contributed by atoms with Crippen molar-refractivity contribution in [2.75, 3.05) is 10.8 Å². The number of hydrogen-bond acceptors (Lipinski definition) is 3. The van der Waals surface area contributed by atoms with Crippen LogP contribution >= 0.6 is 0 Å². The van der Waals surface area contributed by atoms with Crippen LogP contribution in [0.15, 0.2) is 53.4 Å². The van der Waals surface area contributed by atoms with Gasteiger partial charge in [0, 0.05) is 18.2 Å². The highest BCUT2D eigenvalue weighted by Crippen LogP contribution is 2.32. The van der Waals surface area contributed by atoms with E-state index in [2.05, 4.69) is 5.32 Å². The van der Waals surface area contributed by atoms with Gasteiger partial charge in [0.25, 0.3) is 15.9 Å². The van der Waals surface area contributed by atoms with Gasteiger partial charge in [0.05, 0.1) is 10.6 Å². The SMILES string of the molecule is O=C(NC1CCCC1)c1cccc(S(=O)(=O)N2CCc3ccccc32)c1. The van der Waals surface area contributed by atoms with Crippen molar-refractivity contribution in [3.8, 4) is 0 Å². The molecule has 1 fully saturated rings. The maximum Gasteiger partial charge on any atom is 0.264 e. The molecule has 0 saturated heterocycles. The van der Waals surface area contributed by atoms with Crippen LogP contribution in [-0.4, -0.2) is 26.9 Å². The minimum absolute atomic E-state index is 0.160. The van der Waals surface area contributed by atoms with Gasteiger partial charge in [0.15, 0.2) is 0 Å². The highest BCUT2D eigenvalue weighted by Gasteiger charge is 2.31. The average Bonchev–Trinajstić information content (AvgIpc) is 3.31. The lowest BCUT2D eigenvalue weighted by molar-refractivity contribution is 0.0937. The summed E-state index contributed by atoms with van der Waals surface area (Å²) in [5.41, 5.74) is 2.16. The molecule has 0 unspecified atom stereocenters. The molecule has 0 radical (unpaired) electrons. The Hall–Kier alpha value is -2.34. The number of anilines is 1. The Morgan fingerprint density at radius 2 is 1.81 bits per heavy atom. The Morgan fingerprint density at radius 3 is 2.62 bits per heavy atom. The van der Waals surface area contributed by atoms with E-state index in [1.165, 1.54) is 10.4 Å². The third-order valence-corrected chi connectivity index (χ3v) is 7.03. The summed E-state index contributed by atoms with van der Waals surface area (Å²) < 4.78 is 27.7. The first-order valence-corrected chi connectivity index (χ1v) is 10.5. The summed E-state index contributed by atoms with van der Waals surface area (Å²) in [5, 5.41) is 3.01. The summed E-state index contributed by atoms with van der Waals surface area (Å²) in [6.07, 6.45) is 4.96. The lowest BCUT2D eigenvalue weighted by Gasteiger charge is -2.20. The highest BCUT2D eigenvalue weighted by molar-refractivity contribution is 7.92. The highest BCUT2D eigenvalue weighted by atomic mass is 32.2. The molecule has 0 bridgehead atoms. The largest absolute Gasteiger partial charge is 0.349 e. The zero-order valence-corrected chi connectivity index (χ0v) is 15.3. The second-order valence-electron chi connectivity index (χ2n) is 6.94. The van der Waals surface area contributed by atoms with Crippen molar-refractivity contribution in [3.63, 3.8) is 0 Å². The molecule has 4 rings (SSSR count). The van der Waals surface area contributed by atoms with Gasteiger partial charge in [-0.05, 0) is 49.1 Å². The molecule has 5 nitrogen and oxygen atoms in total. The number of sulfonamides is 1. The van der Waals surface area contributed by atoms with E-state index >= 15 is 0 Å². The van der Waals surface area contributed by atoms with E-state index in [1.807, 2.05) is 24.3 Å². The monoisotopic (exact) mass is 370 g/mol. The van der Waals surface area contributed by atoms with Gasteiger partial charge >= 0.3 is 0 Å². The molecule has 2 aliphatic rings. The molecule has 1 saturated carbocycles. The molecule has 136 valence electrons. The fraction of sp³-hybridized carbons (Fsp3) is 0.350. The molecular weight excluding hydrogens is 348 g/mol. The van der Waals surface area contributed by atoms with Crippen molar-refractivity contribution in [2.45, 2.75) is 43.0 Å². The number of carbonyl (C=O) groups excluding carboxylic acids is 1. The number of hydrogen-bond donors (Lipinski definition) is 1. The summed E-state index contributed by atoms with van der Waals surface area (Å²) in [6, 6.07) is 14.1. The van der Waals surface area contributed by atoms with E-state index < -0.39 is 10.0 Å². The van der Waals surface area contributed by atoms with Gasteiger partial charge in [-0.1, -0.05) is 37.1 Å². The lowest BCUT2D eigenvalue weighted by atomic mass is 10.2. The van der Waals surface area contributed by atoms with Crippen molar-refractivity contribution in [1.82, 2.24) is 5.32 Å². The van der Waals surface area contributed by atoms with Gasteiger partial charge in [-0.3, -0.25) is 9.10 Å². The van der Waals surface area contributed by atoms with E-state index in [0.717, 1.165) is 36.9 Å². The van der Waals surface area contributed by atoms with E-state index in [-0.39, 0.29) is 16.8 Å². The van der Waals surface area contributed by atoms with Crippen molar-refractivity contribution in [1.29, 1.82) is 0 Å². The minimum Gasteiger partial charge on any atom is -0.349 e. The van der Waals surface area contributed by atoms with Crippen LogP contribution in [0.4, 0.5) is 5.69 Å². The second-order valence-corrected chi connectivity index (χ2v) is 8.80. The molecule has 1 amide bonds. The standard InChI is InChI=1S/C20H22N2O3S/c23-20(21-17-8-2-3-9-17)16-7-5-10-18(14-16)26(24,25)22-13-12-15-6-1-4-11-19(15)22/h1,4-7,10-11,14,17H,2-3,8-9,12-13H2,(H,21,23). The molecule has 1 heterocycles. The van der Waals surface area contributed by atoms with Crippen LogP contribution in [0.2, 0.25) is 0 Å². The van der Waals surface area contributed by atoms with E-state index in [9.17, 15) is 13.2 Å². The number of benzene rings is 2. The number of nitrogens with one attached hydrogen (secondary N) is 1. The van der Waals surface area contributed by atoms with Gasteiger partial charge in [0.2, 0.25) is 0 Å². The maximum atomic E-state index is 13.1. The lowest BCUT2D eigenvalue weighted by Crippen LogP contribution is -2.33. The van der Waals surface area contributed by atoms with Crippen LogP contribution in [0, 0.1) is 0 Å². The van der Waals surface area contributed by atoms with Crippen molar-refractivity contribution in [2.24, 2.45) is 0 Å². The molecular formula is C20H22N2O3S. The summed E-state index contributed by atoms with van der Waals surface area (Å²) in [6.45, 7) is 0.431. The first-order chi connectivity index (χ1) is 12.6. The zero-order chi connectivity index (χ0) is 18.1. The van der Waals surface area contributed by atoms with Crippen molar-refractivity contribution < 1.29 is 13.2 Å². The average molecular weight is 370 g/mol. The number of carbonyl (C=O) groups is 1. The smallest absolute Gasteiger partial charge is 0.264 e. The predicted octanol–water partition coefficient (Wildman–Crippen LogP) is 3.11. The van der Waals surface area contributed by atoms with Gasteiger partial charge < -0.3 is 5.32 Å². The van der Waals surface area contributed by atoms with Crippen LogP contribution in [0.25, 0.3) is 0 Å². The van der Waals surface area contributed by atoms with Gasteiger partial charge in [0.1, 0.15) is 0 Å². The fourth-order valence-corrected chi connectivity index (χ4v) is 5.37. The van der Waals surface area contributed by atoms with Crippen LogP contribution in [-0.2, 0) is 16.4 Å². The Kier molecular flexibility index (Phi) is 4.44. The van der Waals surface area contributed by atoms with Gasteiger partial charge in [-0.15, -0.1) is 0 Å². The first-order valence-electron chi connectivity index (χ1n) is 9.07. The number of amides is 1. The molecule has 0 aromatic heterocycles. The summed E-state index contributed by atoms with van der Waals surface area (Å²) in [5.74, 6) is -0.198. The quantitative estimate of drug-likeness (QED) is 0.899. The molecule has 6 heteroatoms. The normalized spacial score (nSPS) is 17.3. The van der Waals surface area contributed by atoms with Crippen LogP contribution in [0.5, 0.6) is 0 Å². The number of nitrogens with zero attached hydrogens (tertiary/aromatic N) is 1. The molecule has 1 aliphatic carbocycles. The van der Waals surface area contributed by atoms with Crippen molar-refractivity contribution >= 4 is 21.6 Å². The van der Waals surface area contributed by atoms with Crippen LogP contribution < -0.4 is 9.62 Å². The third kappa shape index (κ3) is 3.09. The third-order valence-electron chi connectivity index (χ3n) is 5.22. The van der Waals surface area contributed by atoms with Crippen LogP contribution in [0.1, 0.15) is 41.6 Å².